The zero-order valence-electron chi connectivity index (χ0n) is 18.4. The second kappa shape index (κ2) is 15.9. The van der Waals surface area contributed by atoms with Gasteiger partial charge >= 0.3 is 0 Å². The molecule has 1 rings (SSSR count). The smallest absolute Gasteiger partial charge is 0.191 e. The number of ether oxygens (including phenoxy) is 1. The quantitative estimate of drug-likeness (QED) is 0.184. The SMILES string of the molecule is CCc1nncn1CCNC(=NCCCOC)NCCN(C(C)C)C(C)C.I. The van der Waals surface area contributed by atoms with Gasteiger partial charge in [-0.3, -0.25) is 9.89 Å². The maximum absolute atomic E-state index is 5.11. The summed E-state index contributed by atoms with van der Waals surface area (Å²) in [6.07, 6.45) is 3.59. The van der Waals surface area contributed by atoms with Gasteiger partial charge in [-0.1, -0.05) is 6.92 Å². The van der Waals surface area contributed by atoms with E-state index in [1.165, 1.54) is 0 Å². The molecule has 0 atom stereocenters. The first kappa shape index (κ1) is 27.1. The largest absolute Gasteiger partial charge is 0.385 e. The van der Waals surface area contributed by atoms with Gasteiger partial charge < -0.3 is 19.9 Å². The Morgan fingerprint density at radius 2 is 1.89 bits per heavy atom. The molecule has 9 heteroatoms. The Bertz CT molecular complexity index is 526. The van der Waals surface area contributed by atoms with Crippen molar-refractivity contribution in [1.29, 1.82) is 0 Å². The third-order valence-electron chi connectivity index (χ3n) is 4.42. The summed E-state index contributed by atoms with van der Waals surface area (Å²) >= 11 is 0. The number of aromatic nitrogens is 3. The van der Waals surface area contributed by atoms with Gasteiger partial charge in [0.2, 0.25) is 0 Å². The number of rotatable bonds is 13. The van der Waals surface area contributed by atoms with E-state index in [9.17, 15) is 0 Å². The average molecular weight is 509 g/mol. The molecule has 0 saturated heterocycles. The maximum atomic E-state index is 5.11. The van der Waals surface area contributed by atoms with E-state index in [0.29, 0.717) is 12.1 Å². The summed E-state index contributed by atoms with van der Waals surface area (Å²) in [5.74, 6) is 1.86. The van der Waals surface area contributed by atoms with E-state index in [0.717, 1.165) is 64.0 Å². The number of nitrogens with one attached hydrogen (secondary N) is 2. The van der Waals surface area contributed by atoms with Gasteiger partial charge in [-0.25, -0.2) is 0 Å². The Hall–Kier alpha value is -0.940. The summed E-state index contributed by atoms with van der Waals surface area (Å²) in [5.41, 5.74) is 0. The predicted molar refractivity (Wildman–Crippen MR) is 127 cm³/mol. The second-order valence-corrected chi connectivity index (χ2v) is 7.15. The Labute approximate surface area is 187 Å². The van der Waals surface area contributed by atoms with Crippen molar-refractivity contribution >= 4 is 29.9 Å². The lowest BCUT2D eigenvalue weighted by Crippen LogP contribution is -2.45. The van der Waals surface area contributed by atoms with E-state index in [1.54, 1.807) is 13.4 Å². The van der Waals surface area contributed by atoms with Crippen LogP contribution in [0, 0.1) is 0 Å². The first-order valence-electron chi connectivity index (χ1n) is 10.1. The highest BCUT2D eigenvalue weighted by Gasteiger charge is 2.12. The highest BCUT2D eigenvalue weighted by Crippen LogP contribution is 2.03. The molecule has 0 saturated carbocycles. The minimum Gasteiger partial charge on any atom is -0.385 e. The van der Waals surface area contributed by atoms with Gasteiger partial charge in [0, 0.05) is 64.9 Å². The van der Waals surface area contributed by atoms with Crippen LogP contribution in [0.1, 0.15) is 46.9 Å². The van der Waals surface area contributed by atoms with Gasteiger partial charge in [-0.2, -0.15) is 0 Å². The fraction of sp³-hybridized carbons (Fsp3) is 0.842. The highest BCUT2D eigenvalue weighted by atomic mass is 127. The molecule has 1 heterocycles. The Kier molecular flexibility index (Phi) is 15.4. The van der Waals surface area contributed by atoms with Crippen LogP contribution in [0.4, 0.5) is 0 Å². The summed E-state index contributed by atoms with van der Waals surface area (Å²) in [6.45, 7) is 16.0. The van der Waals surface area contributed by atoms with Crippen LogP contribution in [0.2, 0.25) is 0 Å². The van der Waals surface area contributed by atoms with Gasteiger partial charge in [0.05, 0.1) is 0 Å². The second-order valence-electron chi connectivity index (χ2n) is 7.15. The van der Waals surface area contributed by atoms with Gasteiger partial charge in [0.15, 0.2) is 5.96 Å². The molecular formula is C19H40IN7O. The molecule has 8 nitrogen and oxygen atoms in total. The number of hydrogen-bond donors (Lipinski definition) is 2. The van der Waals surface area contributed by atoms with Crippen molar-refractivity contribution < 1.29 is 4.74 Å². The van der Waals surface area contributed by atoms with Crippen molar-refractivity contribution in [2.75, 3.05) is 39.9 Å². The van der Waals surface area contributed by atoms with Crippen LogP contribution in [0.15, 0.2) is 11.3 Å². The molecule has 0 amide bonds. The van der Waals surface area contributed by atoms with Gasteiger partial charge in [0.25, 0.3) is 0 Å². The van der Waals surface area contributed by atoms with E-state index < -0.39 is 0 Å². The van der Waals surface area contributed by atoms with E-state index >= 15 is 0 Å². The topological polar surface area (TPSA) is 79.6 Å². The molecule has 0 radical (unpaired) electrons. The van der Waals surface area contributed by atoms with E-state index in [1.807, 2.05) is 0 Å². The van der Waals surface area contributed by atoms with Crippen LogP contribution in [0.5, 0.6) is 0 Å². The Morgan fingerprint density at radius 3 is 2.50 bits per heavy atom. The van der Waals surface area contributed by atoms with Crippen LogP contribution in [0.3, 0.4) is 0 Å². The minimum absolute atomic E-state index is 0. The summed E-state index contributed by atoms with van der Waals surface area (Å²) in [7, 11) is 1.72. The average Bonchev–Trinajstić information content (AvgIpc) is 3.08. The molecule has 0 fully saturated rings. The first-order valence-corrected chi connectivity index (χ1v) is 10.1. The number of methoxy groups -OCH3 is 1. The summed E-state index contributed by atoms with van der Waals surface area (Å²) in [6, 6.07) is 1.06. The number of halogens is 1. The number of aliphatic imine (C=N–C) groups is 1. The molecule has 0 unspecified atom stereocenters. The predicted octanol–water partition coefficient (Wildman–Crippen LogP) is 2.15. The molecule has 2 N–H and O–H groups in total. The van der Waals surface area contributed by atoms with Gasteiger partial charge in [-0.15, -0.1) is 34.2 Å². The molecule has 0 aliphatic carbocycles. The van der Waals surface area contributed by atoms with Crippen molar-refractivity contribution in [2.24, 2.45) is 4.99 Å². The van der Waals surface area contributed by atoms with Crippen LogP contribution < -0.4 is 10.6 Å². The van der Waals surface area contributed by atoms with Crippen molar-refractivity contribution in [2.45, 2.75) is 66.1 Å². The molecular weight excluding hydrogens is 469 g/mol. The minimum atomic E-state index is 0. The standard InChI is InChI=1S/C19H39N7O.HI/c1-7-18-24-23-15-25(18)12-10-21-19(20-9-8-14-27-6)22-11-13-26(16(2)3)17(4)5;/h15-17H,7-14H2,1-6H3,(H2,20,21,22);1H. The van der Waals surface area contributed by atoms with Crippen molar-refractivity contribution in [3.63, 3.8) is 0 Å². The summed E-state index contributed by atoms with van der Waals surface area (Å²) in [4.78, 5) is 7.14. The molecule has 1 aromatic heterocycles. The van der Waals surface area contributed by atoms with Gasteiger partial charge in [0.1, 0.15) is 12.2 Å². The number of aryl methyl sites for hydroxylation is 1. The fourth-order valence-electron chi connectivity index (χ4n) is 3.02. The normalized spacial score (nSPS) is 12.0. The van der Waals surface area contributed by atoms with Crippen LogP contribution in [-0.4, -0.2) is 77.6 Å². The zero-order chi connectivity index (χ0) is 20.1. The van der Waals surface area contributed by atoms with E-state index in [2.05, 4.69) is 69.9 Å². The van der Waals surface area contributed by atoms with Crippen molar-refractivity contribution in [1.82, 2.24) is 30.3 Å². The zero-order valence-corrected chi connectivity index (χ0v) is 20.8. The third-order valence-corrected chi connectivity index (χ3v) is 4.42. The lowest BCUT2D eigenvalue weighted by Gasteiger charge is -2.30. The number of guanidine groups is 1. The van der Waals surface area contributed by atoms with Crippen molar-refractivity contribution in [3.05, 3.63) is 12.2 Å². The highest BCUT2D eigenvalue weighted by molar-refractivity contribution is 14.0. The molecule has 0 spiro atoms. The fourth-order valence-corrected chi connectivity index (χ4v) is 3.02. The maximum Gasteiger partial charge on any atom is 0.191 e. The molecule has 0 aliphatic heterocycles. The van der Waals surface area contributed by atoms with Crippen LogP contribution in [-0.2, 0) is 17.7 Å². The first-order chi connectivity index (χ1) is 13.0. The van der Waals surface area contributed by atoms with E-state index in [4.69, 9.17) is 4.74 Å². The summed E-state index contributed by atoms with van der Waals surface area (Å²) in [5, 5.41) is 15.0. The number of nitrogens with zero attached hydrogens (tertiary/aromatic N) is 5. The molecule has 28 heavy (non-hydrogen) atoms. The molecule has 0 bridgehead atoms. The summed E-state index contributed by atoms with van der Waals surface area (Å²) < 4.78 is 7.19. The third kappa shape index (κ3) is 10.6. The molecule has 0 aromatic carbocycles. The number of hydrogen-bond acceptors (Lipinski definition) is 5. The van der Waals surface area contributed by atoms with E-state index in [-0.39, 0.29) is 24.0 Å². The van der Waals surface area contributed by atoms with Crippen molar-refractivity contribution in [3.8, 4) is 0 Å². The van der Waals surface area contributed by atoms with Gasteiger partial charge in [-0.05, 0) is 34.1 Å². The van der Waals surface area contributed by atoms with Crippen LogP contribution in [0.25, 0.3) is 0 Å². The monoisotopic (exact) mass is 509 g/mol. The molecule has 164 valence electrons. The molecule has 1 aromatic rings. The molecule has 0 aliphatic rings. The Morgan fingerprint density at radius 1 is 1.21 bits per heavy atom. The lowest BCUT2D eigenvalue weighted by molar-refractivity contribution is 0.178. The lowest BCUT2D eigenvalue weighted by atomic mass is 10.2. The Balaban J connectivity index is 0.00000729. The van der Waals surface area contributed by atoms with Crippen LogP contribution >= 0.6 is 24.0 Å².